The molecule has 0 unspecified atom stereocenters. The summed E-state index contributed by atoms with van der Waals surface area (Å²) in [6, 6.07) is 13.0. The lowest BCUT2D eigenvalue weighted by Crippen LogP contribution is -2.58. The van der Waals surface area contributed by atoms with Crippen LogP contribution >= 0.6 is 22.9 Å². The third-order valence-corrected chi connectivity index (χ3v) is 8.38. The molecule has 2 heterocycles. The number of nitrogens with zero attached hydrogens (tertiary/aromatic N) is 1. The van der Waals surface area contributed by atoms with E-state index in [9.17, 15) is 14.4 Å². The highest BCUT2D eigenvalue weighted by molar-refractivity contribution is 7.09. The van der Waals surface area contributed by atoms with E-state index in [0.717, 1.165) is 28.3 Å². The SMILES string of the molecule is CC(C)[C@H]1NC(=O)[C@@H](Cc2cccc(Cl)c2)NCCOc2ccccc2CCCNC(=O)[C@H](CCc2nccs2)NC1=O. The number of rotatable bonds is 6. The summed E-state index contributed by atoms with van der Waals surface area (Å²) in [5.74, 6) is -0.420. The van der Waals surface area contributed by atoms with E-state index >= 15 is 0 Å². The minimum absolute atomic E-state index is 0.219. The van der Waals surface area contributed by atoms with E-state index in [0.29, 0.717) is 50.4 Å². The number of para-hydroxylation sites is 1. The molecule has 4 N–H and O–H groups in total. The summed E-state index contributed by atoms with van der Waals surface area (Å²) in [5, 5.41) is 15.5. The molecular formula is C32H40ClN5O4S. The molecule has 4 rings (SSSR count). The second kappa shape index (κ2) is 16.4. The summed E-state index contributed by atoms with van der Waals surface area (Å²) < 4.78 is 6.10. The summed E-state index contributed by atoms with van der Waals surface area (Å²) >= 11 is 7.73. The standard InChI is InChI=1S/C32H40ClN5O4S/c1-21(2)29-32(41)37-25(12-13-28-35-16-18-43-28)30(39)36-14-6-9-23-8-3-4-11-27(23)42-17-15-34-26(31(40)38-29)20-22-7-5-10-24(33)19-22/h3-5,7-8,10-11,16,18-19,21,25-26,29,34H,6,9,12-15,17,20H2,1-2H3,(H,36,39)(H,37,41)(H,38,40)/t25-,26+,29+/m0/s1. The first-order valence-electron chi connectivity index (χ1n) is 14.8. The highest BCUT2D eigenvalue weighted by Crippen LogP contribution is 2.20. The number of halogens is 1. The lowest BCUT2D eigenvalue weighted by molar-refractivity contribution is -0.133. The average Bonchev–Trinajstić information content (AvgIpc) is 3.51. The molecule has 0 aliphatic carbocycles. The Morgan fingerprint density at radius 1 is 1.00 bits per heavy atom. The molecule has 3 amide bonds. The molecule has 11 heteroatoms. The third-order valence-electron chi connectivity index (χ3n) is 7.30. The fourth-order valence-corrected chi connectivity index (χ4v) is 5.83. The fraction of sp³-hybridized carbons (Fsp3) is 0.438. The molecule has 1 aromatic heterocycles. The van der Waals surface area contributed by atoms with Crippen LogP contribution in [0.25, 0.3) is 0 Å². The Labute approximate surface area is 262 Å². The van der Waals surface area contributed by atoms with Crippen molar-refractivity contribution in [3.63, 3.8) is 0 Å². The van der Waals surface area contributed by atoms with Crippen molar-refractivity contribution < 1.29 is 19.1 Å². The molecule has 3 aromatic rings. The highest BCUT2D eigenvalue weighted by atomic mass is 35.5. The lowest BCUT2D eigenvalue weighted by atomic mass is 10.00. The van der Waals surface area contributed by atoms with Gasteiger partial charge in [-0.05, 0) is 60.9 Å². The van der Waals surface area contributed by atoms with Gasteiger partial charge in [0.2, 0.25) is 17.7 Å². The summed E-state index contributed by atoms with van der Waals surface area (Å²) in [6.45, 7) is 4.95. The number of hydrogen-bond donors (Lipinski definition) is 4. The number of carbonyl (C=O) groups is 3. The fourth-order valence-electron chi connectivity index (χ4n) is 4.98. The Morgan fingerprint density at radius 2 is 1.84 bits per heavy atom. The first kappa shape index (κ1) is 32.4. The number of nitrogens with one attached hydrogen (secondary N) is 4. The Morgan fingerprint density at radius 3 is 2.60 bits per heavy atom. The quantitative estimate of drug-likeness (QED) is 0.332. The van der Waals surface area contributed by atoms with Crippen molar-refractivity contribution >= 4 is 40.7 Å². The largest absolute Gasteiger partial charge is 0.492 e. The molecule has 230 valence electrons. The monoisotopic (exact) mass is 625 g/mol. The molecule has 0 bridgehead atoms. The third kappa shape index (κ3) is 10.0. The van der Waals surface area contributed by atoms with Gasteiger partial charge in [0.15, 0.2) is 0 Å². The molecule has 9 nitrogen and oxygen atoms in total. The second-order valence-corrected chi connectivity index (χ2v) is 12.4. The van der Waals surface area contributed by atoms with E-state index in [1.807, 2.05) is 61.7 Å². The van der Waals surface area contributed by atoms with Gasteiger partial charge in [-0.2, -0.15) is 0 Å². The van der Waals surface area contributed by atoms with E-state index in [4.69, 9.17) is 16.3 Å². The number of ether oxygens (including phenoxy) is 1. The van der Waals surface area contributed by atoms with Crippen molar-refractivity contribution in [1.29, 1.82) is 0 Å². The van der Waals surface area contributed by atoms with Crippen molar-refractivity contribution in [2.24, 2.45) is 5.92 Å². The van der Waals surface area contributed by atoms with Crippen LogP contribution in [-0.4, -0.2) is 60.5 Å². The van der Waals surface area contributed by atoms with Gasteiger partial charge in [-0.3, -0.25) is 14.4 Å². The molecule has 3 atom stereocenters. The van der Waals surface area contributed by atoms with Crippen LogP contribution in [0.15, 0.2) is 60.1 Å². The maximum atomic E-state index is 13.7. The van der Waals surface area contributed by atoms with Crippen LogP contribution in [0, 0.1) is 5.92 Å². The Hall–Kier alpha value is -3.47. The second-order valence-electron chi connectivity index (χ2n) is 10.9. The molecule has 1 aliphatic heterocycles. The molecule has 0 radical (unpaired) electrons. The topological polar surface area (TPSA) is 121 Å². The summed E-state index contributed by atoms with van der Waals surface area (Å²) in [6.07, 6.45) is 4.46. The van der Waals surface area contributed by atoms with Crippen molar-refractivity contribution in [2.45, 2.75) is 64.1 Å². The maximum Gasteiger partial charge on any atom is 0.243 e. The van der Waals surface area contributed by atoms with Gasteiger partial charge in [0.05, 0.1) is 11.0 Å². The molecule has 2 aromatic carbocycles. The van der Waals surface area contributed by atoms with Crippen LogP contribution in [0.2, 0.25) is 5.02 Å². The molecule has 0 saturated carbocycles. The van der Waals surface area contributed by atoms with E-state index < -0.39 is 24.0 Å². The number of thiazole rings is 1. The molecule has 1 aliphatic rings. The predicted octanol–water partition coefficient (Wildman–Crippen LogP) is 3.70. The minimum Gasteiger partial charge on any atom is -0.492 e. The van der Waals surface area contributed by atoms with Crippen LogP contribution < -0.4 is 26.0 Å². The van der Waals surface area contributed by atoms with E-state index in [1.54, 1.807) is 12.3 Å². The zero-order valence-electron chi connectivity index (χ0n) is 24.6. The normalized spacial score (nSPS) is 21.0. The van der Waals surface area contributed by atoms with Gasteiger partial charge in [-0.25, -0.2) is 4.98 Å². The van der Waals surface area contributed by atoms with Crippen molar-refractivity contribution in [1.82, 2.24) is 26.3 Å². The van der Waals surface area contributed by atoms with Crippen LogP contribution in [-0.2, 0) is 33.6 Å². The van der Waals surface area contributed by atoms with Gasteiger partial charge in [-0.1, -0.05) is 55.8 Å². The van der Waals surface area contributed by atoms with Gasteiger partial charge >= 0.3 is 0 Å². The van der Waals surface area contributed by atoms with Gasteiger partial charge in [-0.15, -0.1) is 11.3 Å². The van der Waals surface area contributed by atoms with E-state index in [1.165, 1.54) is 11.3 Å². The molecule has 0 spiro atoms. The molecule has 0 saturated heterocycles. The average molecular weight is 626 g/mol. The number of aryl methyl sites for hydroxylation is 2. The van der Waals surface area contributed by atoms with E-state index in [2.05, 4.69) is 26.3 Å². The first-order chi connectivity index (χ1) is 20.8. The first-order valence-corrected chi connectivity index (χ1v) is 16.0. The van der Waals surface area contributed by atoms with Gasteiger partial charge < -0.3 is 26.0 Å². The number of fused-ring (bicyclic) bond motifs is 1. The molecule has 43 heavy (non-hydrogen) atoms. The van der Waals surface area contributed by atoms with Gasteiger partial charge in [0.25, 0.3) is 0 Å². The zero-order valence-corrected chi connectivity index (χ0v) is 26.2. The Kier molecular flexibility index (Phi) is 12.4. The van der Waals surface area contributed by atoms with Crippen LogP contribution in [0.3, 0.4) is 0 Å². The summed E-state index contributed by atoms with van der Waals surface area (Å²) in [5.41, 5.74) is 1.93. The van der Waals surface area contributed by atoms with E-state index in [-0.39, 0.29) is 17.7 Å². The number of amides is 3. The lowest BCUT2D eigenvalue weighted by Gasteiger charge is -2.27. The Balaban J connectivity index is 1.57. The zero-order chi connectivity index (χ0) is 30.6. The van der Waals surface area contributed by atoms with Crippen LogP contribution in [0.4, 0.5) is 0 Å². The number of benzene rings is 2. The van der Waals surface area contributed by atoms with Crippen LogP contribution in [0.1, 0.15) is 42.8 Å². The maximum absolute atomic E-state index is 13.7. The molecule has 0 fully saturated rings. The minimum atomic E-state index is -0.840. The summed E-state index contributed by atoms with van der Waals surface area (Å²) in [7, 11) is 0. The van der Waals surface area contributed by atoms with Crippen molar-refractivity contribution in [2.75, 3.05) is 19.7 Å². The van der Waals surface area contributed by atoms with Crippen molar-refractivity contribution in [3.05, 3.63) is 81.3 Å². The van der Waals surface area contributed by atoms with Gasteiger partial charge in [0, 0.05) is 36.1 Å². The predicted molar refractivity (Wildman–Crippen MR) is 169 cm³/mol. The number of hydrogen-bond acceptors (Lipinski definition) is 7. The van der Waals surface area contributed by atoms with Crippen molar-refractivity contribution in [3.8, 4) is 5.75 Å². The smallest absolute Gasteiger partial charge is 0.243 e. The summed E-state index contributed by atoms with van der Waals surface area (Å²) in [4.78, 5) is 44.9. The Bertz CT molecular complexity index is 1350. The number of carbonyl (C=O) groups excluding carboxylic acids is 3. The molecular weight excluding hydrogens is 586 g/mol. The van der Waals surface area contributed by atoms with Crippen LogP contribution in [0.5, 0.6) is 5.75 Å². The highest BCUT2D eigenvalue weighted by Gasteiger charge is 2.31. The number of aromatic nitrogens is 1. The van der Waals surface area contributed by atoms with Gasteiger partial charge in [0.1, 0.15) is 24.4 Å².